The molecule has 5 nitrogen and oxygen atoms in total. The number of H-pyrrole nitrogens is 1. The Hall–Kier alpha value is -2.01. The highest BCUT2D eigenvalue weighted by molar-refractivity contribution is 6.07. The van der Waals surface area contributed by atoms with Gasteiger partial charge in [-0.1, -0.05) is 0 Å². The van der Waals surface area contributed by atoms with Crippen molar-refractivity contribution in [2.75, 3.05) is 18.9 Å². The Morgan fingerprint density at radius 3 is 3.17 bits per heavy atom. The zero-order valence-electron chi connectivity index (χ0n) is 9.90. The van der Waals surface area contributed by atoms with Crippen molar-refractivity contribution in [3.8, 4) is 0 Å². The third-order valence-electron chi connectivity index (χ3n) is 3.22. The molecule has 1 aliphatic rings. The topological polar surface area (TPSA) is 80.1 Å². The van der Waals surface area contributed by atoms with Gasteiger partial charge in [0, 0.05) is 29.4 Å². The van der Waals surface area contributed by atoms with Crippen LogP contribution in [-0.4, -0.2) is 30.1 Å². The molecule has 2 heterocycles. The van der Waals surface area contributed by atoms with E-state index in [0.29, 0.717) is 24.5 Å². The molecule has 0 saturated carbocycles. The number of carbonyl (C=O) groups excluding carboxylic acids is 1. The summed E-state index contributed by atoms with van der Waals surface area (Å²) in [6.07, 6.45) is 2.59. The monoisotopic (exact) mass is 245 g/mol. The van der Waals surface area contributed by atoms with Crippen molar-refractivity contribution in [3.05, 3.63) is 30.0 Å². The maximum atomic E-state index is 12.2. The van der Waals surface area contributed by atoms with Gasteiger partial charge in [-0.15, -0.1) is 0 Å². The van der Waals surface area contributed by atoms with E-state index in [2.05, 4.69) is 10.3 Å². The Kier molecular flexibility index (Phi) is 2.68. The summed E-state index contributed by atoms with van der Waals surface area (Å²) in [4.78, 5) is 15.2. The van der Waals surface area contributed by atoms with Crippen molar-refractivity contribution in [1.29, 1.82) is 0 Å². The highest BCUT2D eigenvalue weighted by atomic mass is 16.5. The number of rotatable bonds is 2. The van der Waals surface area contributed by atoms with Crippen molar-refractivity contribution in [3.63, 3.8) is 0 Å². The molecule has 1 aromatic carbocycles. The number of amides is 1. The lowest BCUT2D eigenvalue weighted by Gasteiger charge is -2.09. The van der Waals surface area contributed by atoms with Gasteiger partial charge < -0.3 is 20.8 Å². The molecule has 2 aromatic rings. The third-order valence-corrected chi connectivity index (χ3v) is 3.22. The van der Waals surface area contributed by atoms with E-state index in [-0.39, 0.29) is 11.9 Å². The van der Waals surface area contributed by atoms with E-state index in [4.69, 9.17) is 10.5 Å². The number of anilines is 1. The number of ether oxygens (including phenoxy) is 1. The van der Waals surface area contributed by atoms with Crippen LogP contribution < -0.4 is 11.1 Å². The van der Waals surface area contributed by atoms with Crippen molar-refractivity contribution in [2.45, 2.75) is 12.5 Å². The SMILES string of the molecule is Nc1ccc2[nH]cc(C(=O)NC3CCOC3)c2c1. The van der Waals surface area contributed by atoms with Gasteiger partial charge in [-0.25, -0.2) is 0 Å². The number of nitrogen functional groups attached to an aromatic ring is 1. The first kappa shape index (κ1) is 11.1. The second kappa shape index (κ2) is 4.34. The predicted molar refractivity (Wildman–Crippen MR) is 69.4 cm³/mol. The Morgan fingerprint density at radius 2 is 2.39 bits per heavy atom. The first-order chi connectivity index (χ1) is 8.74. The quantitative estimate of drug-likeness (QED) is 0.697. The molecule has 0 spiro atoms. The summed E-state index contributed by atoms with van der Waals surface area (Å²) in [6, 6.07) is 5.61. The van der Waals surface area contributed by atoms with Crippen LogP contribution in [0.4, 0.5) is 5.69 Å². The zero-order chi connectivity index (χ0) is 12.5. The lowest BCUT2D eigenvalue weighted by Crippen LogP contribution is -2.34. The highest BCUT2D eigenvalue weighted by Crippen LogP contribution is 2.21. The van der Waals surface area contributed by atoms with E-state index in [9.17, 15) is 4.79 Å². The van der Waals surface area contributed by atoms with Crippen LogP contribution in [0.5, 0.6) is 0 Å². The van der Waals surface area contributed by atoms with Gasteiger partial charge in [0.25, 0.3) is 5.91 Å². The summed E-state index contributed by atoms with van der Waals surface area (Å²) < 4.78 is 5.24. The molecule has 1 atom stereocenters. The number of aromatic amines is 1. The van der Waals surface area contributed by atoms with Crippen LogP contribution >= 0.6 is 0 Å². The number of benzene rings is 1. The lowest BCUT2D eigenvalue weighted by atomic mass is 10.1. The van der Waals surface area contributed by atoms with E-state index >= 15 is 0 Å². The first-order valence-corrected chi connectivity index (χ1v) is 5.99. The smallest absolute Gasteiger partial charge is 0.253 e. The minimum absolute atomic E-state index is 0.0812. The molecule has 1 aliphatic heterocycles. The maximum absolute atomic E-state index is 12.2. The van der Waals surface area contributed by atoms with Crippen molar-refractivity contribution in [2.24, 2.45) is 0 Å². The molecule has 0 bridgehead atoms. The fourth-order valence-corrected chi connectivity index (χ4v) is 2.24. The number of nitrogens with two attached hydrogens (primary N) is 1. The molecule has 3 rings (SSSR count). The van der Waals surface area contributed by atoms with Crippen LogP contribution in [0.25, 0.3) is 10.9 Å². The lowest BCUT2D eigenvalue weighted by molar-refractivity contribution is 0.0931. The van der Waals surface area contributed by atoms with Gasteiger partial charge in [0.15, 0.2) is 0 Å². The van der Waals surface area contributed by atoms with Crippen LogP contribution in [-0.2, 0) is 4.74 Å². The molecule has 0 radical (unpaired) electrons. The molecule has 18 heavy (non-hydrogen) atoms. The molecule has 4 N–H and O–H groups in total. The fraction of sp³-hybridized carbons (Fsp3) is 0.308. The second-order valence-corrected chi connectivity index (χ2v) is 4.54. The number of fused-ring (bicyclic) bond motifs is 1. The number of hydrogen-bond donors (Lipinski definition) is 3. The summed E-state index contributed by atoms with van der Waals surface area (Å²) in [6.45, 7) is 1.31. The number of hydrogen-bond acceptors (Lipinski definition) is 3. The van der Waals surface area contributed by atoms with E-state index in [1.54, 1.807) is 6.20 Å². The largest absolute Gasteiger partial charge is 0.399 e. The van der Waals surface area contributed by atoms with Gasteiger partial charge >= 0.3 is 0 Å². The van der Waals surface area contributed by atoms with Gasteiger partial charge in [0.1, 0.15) is 0 Å². The molecule has 1 saturated heterocycles. The van der Waals surface area contributed by atoms with Crippen molar-refractivity contribution >= 4 is 22.5 Å². The Labute approximate surface area is 104 Å². The second-order valence-electron chi connectivity index (χ2n) is 4.54. The molecule has 5 heteroatoms. The van der Waals surface area contributed by atoms with Crippen LogP contribution in [0.2, 0.25) is 0 Å². The van der Waals surface area contributed by atoms with E-state index in [1.807, 2.05) is 18.2 Å². The normalized spacial score (nSPS) is 19.2. The minimum atomic E-state index is -0.0812. The number of carbonyl (C=O) groups is 1. The maximum Gasteiger partial charge on any atom is 0.253 e. The summed E-state index contributed by atoms with van der Waals surface area (Å²) in [7, 11) is 0. The Morgan fingerprint density at radius 1 is 1.50 bits per heavy atom. The summed E-state index contributed by atoms with van der Waals surface area (Å²) in [5.41, 5.74) is 7.95. The molecule has 0 aliphatic carbocycles. The highest BCUT2D eigenvalue weighted by Gasteiger charge is 2.20. The minimum Gasteiger partial charge on any atom is -0.399 e. The van der Waals surface area contributed by atoms with E-state index in [0.717, 1.165) is 17.3 Å². The van der Waals surface area contributed by atoms with Gasteiger partial charge in [0.2, 0.25) is 0 Å². The van der Waals surface area contributed by atoms with Gasteiger partial charge in [0.05, 0.1) is 18.2 Å². The predicted octanol–water partition coefficient (Wildman–Crippen LogP) is 1.27. The molecule has 1 unspecified atom stereocenters. The zero-order valence-corrected chi connectivity index (χ0v) is 9.90. The van der Waals surface area contributed by atoms with Crippen LogP contribution in [0.3, 0.4) is 0 Å². The van der Waals surface area contributed by atoms with E-state index in [1.165, 1.54) is 0 Å². The molecule has 1 amide bonds. The molecule has 1 fully saturated rings. The van der Waals surface area contributed by atoms with E-state index < -0.39 is 0 Å². The van der Waals surface area contributed by atoms with Crippen molar-refractivity contribution in [1.82, 2.24) is 10.3 Å². The van der Waals surface area contributed by atoms with Crippen LogP contribution in [0, 0.1) is 0 Å². The standard InChI is InChI=1S/C13H15N3O2/c14-8-1-2-12-10(5-8)11(6-15-12)13(17)16-9-3-4-18-7-9/h1-2,5-6,9,15H,3-4,7,14H2,(H,16,17). The van der Waals surface area contributed by atoms with Gasteiger partial charge in [-0.05, 0) is 24.6 Å². The van der Waals surface area contributed by atoms with Crippen LogP contribution in [0.15, 0.2) is 24.4 Å². The average Bonchev–Trinajstić information content (AvgIpc) is 2.97. The van der Waals surface area contributed by atoms with Crippen molar-refractivity contribution < 1.29 is 9.53 Å². The summed E-state index contributed by atoms with van der Waals surface area (Å²) in [5, 5.41) is 3.82. The fourth-order valence-electron chi connectivity index (χ4n) is 2.24. The summed E-state index contributed by atoms with van der Waals surface area (Å²) in [5.74, 6) is -0.0812. The summed E-state index contributed by atoms with van der Waals surface area (Å²) >= 11 is 0. The molecular weight excluding hydrogens is 230 g/mol. The number of aromatic nitrogens is 1. The number of nitrogens with one attached hydrogen (secondary N) is 2. The molecule has 94 valence electrons. The molecule has 1 aromatic heterocycles. The van der Waals surface area contributed by atoms with Crippen LogP contribution in [0.1, 0.15) is 16.8 Å². The third kappa shape index (κ3) is 1.93. The molecular formula is C13H15N3O2. The van der Waals surface area contributed by atoms with Gasteiger partial charge in [-0.3, -0.25) is 4.79 Å². The van der Waals surface area contributed by atoms with Gasteiger partial charge in [-0.2, -0.15) is 0 Å². The average molecular weight is 245 g/mol. The first-order valence-electron chi connectivity index (χ1n) is 5.99. The Bertz CT molecular complexity index is 585. The Balaban J connectivity index is 1.88.